The van der Waals surface area contributed by atoms with E-state index in [2.05, 4.69) is 6.58 Å². The van der Waals surface area contributed by atoms with Gasteiger partial charge in [0.05, 0.1) is 0 Å². The second kappa shape index (κ2) is 2.51. The molecule has 0 heterocycles. The number of allylic oxidation sites excluding steroid dienone is 2. The summed E-state index contributed by atoms with van der Waals surface area (Å²) in [6.07, 6.45) is 3.25. The molecule has 0 saturated heterocycles. The highest BCUT2D eigenvalue weighted by Crippen LogP contribution is 1.80. The third-order valence-corrected chi connectivity index (χ3v) is 0.359. The van der Waals surface area contributed by atoms with Crippen LogP contribution in [0.3, 0.4) is 0 Å². The van der Waals surface area contributed by atoms with E-state index >= 15 is 0 Å². The van der Waals surface area contributed by atoms with Crippen LogP contribution >= 0.6 is 0 Å². The van der Waals surface area contributed by atoms with Crippen molar-refractivity contribution >= 4 is 0 Å². The van der Waals surface area contributed by atoms with E-state index in [1.54, 1.807) is 6.08 Å². The molecule has 0 unspecified atom stereocenters. The molecule has 0 aromatic heterocycles. The van der Waals surface area contributed by atoms with Gasteiger partial charge in [0, 0.05) is 0 Å². The SMILES string of the molecule is C=C(O)/C=C\C. The Bertz CT molecular complexity index is 72.0. The third-order valence-electron chi connectivity index (χ3n) is 0.359. The van der Waals surface area contributed by atoms with E-state index in [1.165, 1.54) is 6.08 Å². The average molecular weight is 84.1 g/mol. The summed E-state index contributed by atoms with van der Waals surface area (Å²) in [5, 5.41) is 8.27. The van der Waals surface area contributed by atoms with E-state index in [0.717, 1.165) is 0 Å². The first-order valence-corrected chi connectivity index (χ1v) is 1.78. The third kappa shape index (κ3) is 3.28. The van der Waals surface area contributed by atoms with Crippen LogP contribution in [-0.2, 0) is 0 Å². The molecule has 0 saturated carbocycles. The Morgan fingerprint density at radius 1 is 1.83 bits per heavy atom. The van der Waals surface area contributed by atoms with Crippen LogP contribution in [0.4, 0.5) is 0 Å². The maximum Gasteiger partial charge on any atom is 0.108 e. The lowest BCUT2D eigenvalue weighted by Gasteiger charge is -1.76. The lowest BCUT2D eigenvalue weighted by molar-refractivity contribution is 0.435. The Kier molecular flexibility index (Phi) is 2.21. The van der Waals surface area contributed by atoms with Crippen molar-refractivity contribution in [3.63, 3.8) is 0 Å². The molecule has 0 atom stereocenters. The van der Waals surface area contributed by atoms with Gasteiger partial charge in [-0.05, 0) is 13.0 Å². The van der Waals surface area contributed by atoms with Gasteiger partial charge in [-0.2, -0.15) is 0 Å². The van der Waals surface area contributed by atoms with Crippen molar-refractivity contribution in [3.8, 4) is 0 Å². The fraction of sp³-hybridized carbons (Fsp3) is 0.200. The Morgan fingerprint density at radius 2 is 2.33 bits per heavy atom. The van der Waals surface area contributed by atoms with E-state index in [9.17, 15) is 0 Å². The maximum absolute atomic E-state index is 8.27. The van der Waals surface area contributed by atoms with Gasteiger partial charge in [0.25, 0.3) is 0 Å². The van der Waals surface area contributed by atoms with Gasteiger partial charge in [-0.3, -0.25) is 0 Å². The molecule has 0 aromatic carbocycles. The van der Waals surface area contributed by atoms with E-state index in [-0.39, 0.29) is 5.76 Å². The summed E-state index contributed by atoms with van der Waals surface area (Å²) in [6, 6.07) is 0. The van der Waals surface area contributed by atoms with Crippen LogP contribution in [0, 0.1) is 0 Å². The zero-order valence-corrected chi connectivity index (χ0v) is 3.81. The first-order chi connectivity index (χ1) is 2.77. The van der Waals surface area contributed by atoms with Gasteiger partial charge in [0.2, 0.25) is 0 Å². The number of hydrogen-bond donors (Lipinski definition) is 1. The van der Waals surface area contributed by atoms with Crippen LogP contribution in [0.1, 0.15) is 6.92 Å². The van der Waals surface area contributed by atoms with Crippen molar-refractivity contribution < 1.29 is 5.11 Å². The zero-order chi connectivity index (χ0) is 4.99. The van der Waals surface area contributed by atoms with Gasteiger partial charge >= 0.3 is 0 Å². The van der Waals surface area contributed by atoms with Crippen molar-refractivity contribution in [1.82, 2.24) is 0 Å². The second-order valence-corrected chi connectivity index (χ2v) is 0.991. The van der Waals surface area contributed by atoms with Crippen LogP contribution in [0.25, 0.3) is 0 Å². The Balaban J connectivity index is 3.30. The Labute approximate surface area is 37.6 Å². The lowest BCUT2D eigenvalue weighted by atomic mass is 10.5. The summed E-state index contributed by atoms with van der Waals surface area (Å²) in [5.74, 6) is 0.109. The average Bonchev–Trinajstić information content (AvgIpc) is 1.35. The quantitative estimate of drug-likeness (QED) is 0.378. The minimum absolute atomic E-state index is 0.109. The minimum Gasteiger partial charge on any atom is -0.509 e. The molecular weight excluding hydrogens is 76.1 g/mol. The molecule has 0 fully saturated rings. The van der Waals surface area contributed by atoms with Crippen LogP contribution in [0.5, 0.6) is 0 Å². The van der Waals surface area contributed by atoms with Crippen molar-refractivity contribution in [1.29, 1.82) is 0 Å². The lowest BCUT2D eigenvalue weighted by Crippen LogP contribution is -1.62. The highest BCUT2D eigenvalue weighted by atomic mass is 16.3. The fourth-order valence-corrected chi connectivity index (χ4v) is 0.192. The number of hydrogen-bond acceptors (Lipinski definition) is 1. The van der Waals surface area contributed by atoms with Gasteiger partial charge < -0.3 is 5.11 Å². The van der Waals surface area contributed by atoms with Crippen LogP contribution in [-0.4, -0.2) is 5.11 Å². The summed E-state index contributed by atoms with van der Waals surface area (Å²) in [6.45, 7) is 5.03. The summed E-state index contributed by atoms with van der Waals surface area (Å²) >= 11 is 0. The molecule has 0 spiro atoms. The van der Waals surface area contributed by atoms with Crippen molar-refractivity contribution in [2.75, 3.05) is 0 Å². The summed E-state index contributed by atoms with van der Waals surface area (Å²) in [5.41, 5.74) is 0. The summed E-state index contributed by atoms with van der Waals surface area (Å²) in [4.78, 5) is 0. The first kappa shape index (κ1) is 5.28. The molecule has 6 heavy (non-hydrogen) atoms. The van der Waals surface area contributed by atoms with Gasteiger partial charge in [0.1, 0.15) is 5.76 Å². The van der Waals surface area contributed by atoms with Crippen LogP contribution in [0.2, 0.25) is 0 Å². The summed E-state index contributed by atoms with van der Waals surface area (Å²) < 4.78 is 0. The number of rotatable bonds is 1. The molecule has 1 heteroatoms. The van der Waals surface area contributed by atoms with E-state index in [1.807, 2.05) is 6.92 Å². The van der Waals surface area contributed by atoms with Crippen molar-refractivity contribution in [2.45, 2.75) is 6.92 Å². The normalized spacial score (nSPS) is 9.50. The number of aliphatic hydroxyl groups is 1. The maximum atomic E-state index is 8.27. The van der Waals surface area contributed by atoms with Gasteiger partial charge in [-0.1, -0.05) is 12.7 Å². The molecule has 1 N–H and O–H groups in total. The topological polar surface area (TPSA) is 20.2 Å². The molecule has 1 nitrogen and oxygen atoms in total. The highest BCUT2D eigenvalue weighted by molar-refractivity contribution is 5.03. The predicted molar refractivity (Wildman–Crippen MR) is 26.6 cm³/mol. The highest BCUT2D eigenvalue weighted by Gasteiger charge is 1.66. The molecular formula is C5H8O. The molecule has 0 radical (unpaired) electrons. The molecule has 0 aliphatic carbocycles. The Hall–Kier alpha value is -0.720. The molecule has 0 aliphatic heterocycles. The molecule has 0 rings (SSSR count). The number of aliphatic hydroxyl groups excluding tert-OH is 1. The molecule has 0 aliphatic rings. The second-order valence-electron chi connectivity index (χ2n) is 0.991. The fourth-order valence-electron chi connectivity index (χ4n) is 0.192. The van der Waals surface area contributed by atoms with Crippen LogP contribution in [0.15, 0.2) is 24.5 Å². The van der Waals surface area contributed by atoms with Crippen molar-refractivity contribution in [2.24, 2.45) is 0 Å². The standard InChI is InChI=1S/C5H8O/c1-3-4-5(2)6/h3-4,6H,2H2,1H3/b4-3-. The van der Waals surface area contributed by atoms with E-state index in [4.69, 9.17) is 5.11 Å². The van der Waals surface area contributed by atoms with E-state index in [0.29, 0.717) is 0 Å². The summed E-state index contributed by atoms with van der Waals surface area (Å²) in [7, 11) is 0. The molecule has 0 amide bonds. The van der Waals surface area contributed by atoms with Crippen molar-refractivity contribution in [3.05, 3.63) is 24.5 Å². The first-order valence-electron chi connectivity index (χ1n) is 1.78. The van der Waals surface area contributed by atoms with Gasteiger partial charge in [0.15, 0.2) is 0 Å². The van der Waals surface area contributed by atoms with E-state index < -0.39 is 0 Å². The van der Waals surface area contributed by atoms with Crippen LogP contribution < -0.4 is 0 Å². The minimum atomic E-state index is 0.109. The molecule has 34 valence electrons. The van der Waals surface area contributed by atoms with Gasteiger partial charge in [-0.25, -0.2) is 0 Å². The smallest absolute Gasteiger partial charge is 0.108 e. The Morgan fingerprint density at radius 3 is 2.33 bits per heavy atom. The molecule has 0 aromatic rings. The molecule has 0 bridgehead atoms. The van der Waals surface area contributed by atoms with Gasteiger partial charge in [-0.15, -0.1) is 0 Å². The largest absolute Gasteiger partial charge is 0.509 e. The monoisotopic (exact) mass is 84.1 g/mol. The predicted octanol–water partition coefficient (Wildman–Crippen LogP) is 1.63. The zero-order valence-electron chi connectivity index (χ0n) is 3.81.